The second-order valence-electron chi connectivity index (χ2n) is 15.3. The molecule has 0 aliphatic rings. The van der Waals surface area contributed by atoms with Crippen molar-refractivity contribution in [3.63, 3.8) is 0 Å². The minimum atomic E-state index is -0.0441. The van der Waals surface area contributed by atoms with Gasteiger partial charge < -0.3 is 4.57 Å². The summed E-state index contributed by atoms with van der Waals surface area (Å²) in [6, 6.07) is 68.8. The summed E-state index contributed by atoms with van der Waals surface area (Å²) in [7, 11) is 0. The molecule has 7 aromatic carbocycles. The first-order valence-corrected chi connectivity index (χ1v) is 19.1. The molecule has 0 spiro atoms. The summed E-state index contributed by atoms with van der Waals surface area (Å²) in [6.07, 6.45) is 0. The van der Waals surface area contributed by atoms with E-state index in [1.165, 1.54) is 5.56 Å². The molecule has 10 aromatic rings. The molecule has 0 unspecified atom stereocenters. The molecular weight excluding hydrogens is 876 g/mol. The SMILES string of the molecule is CC(C)(C)c1ccc(-n2c(-n3c4[c-]ccc(-c5ccccc5)c4c4ccccc43)nc3c(-c4cccc(-c5[c-]cccc5)n4)cccc32)c(-c2ccccc2)c1.[Pt+2]. The summed E-state index contributed by atoms with van der Waals surface area (Å²) in [5.74, 6) is 0.786. The number of hydrogen-bond donors (Lipinski definition) is 0. The maximum atomic E-state index is 5.68. The number of hydrogen-bond acceptors (Lipinski definition) is 2. The molecule has 10 rings (SSSR count). The Hall–Kier alpha value is -6.35. The van der Waals surface area contributed by atoms with Crippen molar-refractivity contribution in [2.45, 2.75) is 26.2 Å². The van der Waals surface area contributed by atoms with Crippen molar-refractivity contribution in [1.29, 1.82) is 0 Å². The standard InChI is InChI=1S/C52H38N4.Pt/c1-52(2,3)38-32-33-46(42(34-38)36-20-9-5-10-21-36)56-48-31-16-26-40(44-28-17-27-43(53-44)37-22-11-6-12-23-37)50(48)54-51(56)55-45-29-14-13-24-41(45)49-39(25-15-30-47(49)55)35-18-7-4-8-19-35;/h4-22,24-29,31-34H,1-3H3;/q-2;+2. The zero-order chi connectivity index (χ0) is 37.8. The van der Waals surface area contributed by atoms with Gasteiger partial charge in [0.15, 0.2) is 0 Å². The molecule has 0 radical (unpaired) electrons. The predicted octanol–water partition coefficient (Wildman–Crippen LogP) is 13.1. The normalized spacial score (nSPS) is 11.6. The number of aromatic nitrogens is 4. The molecule has 0 amide bonds. The van der Waals surface area contributed by atoms with E-state index in [4.69, 9.17) is 9.97 Å². The van der Waals surface area contributed by atoms with Gasteiger partial charge in [0.1, 0.15) is 5.52 Å². The quantitative estimate of drug-likeness (QED) is 0.156. The fourth-order valence-corrected chi connectivity index (χ4v) is 8.02. The first-order valence-electron chi connectivity index (χ1n) is 19.1. The van der Waals surface area contributed by atoms with Crippen LogP contribution in [-0.4, -0.2) is 19.1 Å². The largest absolute Gasteiger partial charge is 2.00 e. The van der Waals surface area contributed by atoms with E-state index in [1.807, 2.05) is 36.4 Å². The molecule has 5 heteroatoms. The fourth-order valence-electron chi connectivity index (χ4n) is 8.02. The van der Waals surface area contributed by atoms with Crippen LogP contribution in [0.1, 0.15) is 26.3 Å². The van der Waals surface area contributed by atoms with Gasteiger partial charge in [0, 0.05) is 16.6 Å². The van der Waals surface area contributed by atoms with Crippen molar-refractivity contribution in [3.05, 3.63) is 194 Å². The molecule has 276 valence electrons. The number of pyridine rings is 1. The van der Waals surface area contributed by atoms with Gasteiger partial charge >= 0.3 is 21.1 Å². The Bertz CT molecular complexity index is 3050. The number of nitrogens with zero attached hydrogens (tertiary/aromatic N) is 4. The molecular formula is C52H38N4Pt. The first-order chi connectivity index (χ1) is 27.4. The zero-order valence-electron chi connectivity index (χ0n) is 31.8. The van der Waals surface area contributed by atoms with Crippen LogP contribution in [0.5, 0.6) is 0 Å². The topological polar surface area (TPSA) is 35.6 Å². The third-order valence-electron chi connectivity index (χ3n) is 10.8. The monoisotopic (exact) mass is 913 g/mol. The van der Waals surface area contributed by atoms with E-state index < -0.39 is 0 Å². The van der Waals surface area contributed by atoms with Gasteiger partial charge in [0.05, 0.1) is 16.9 Å². The molecule has 0 saturated heterocycles. The van der Waals surface area contributed by atoms with Crippen molar-refractivity contribution >= 4 is 32.8 Å². The molecule has 0 bridgehead atoms. The van der Waals surface area contributed by atoms with Crippen LogP contribution in [0.4, 0.5) is 0 Å². The molecule has 0 fully saturated rings. The summed E-state index contributed by atoms with van der Waals surface area (Å²) in [4.78, 5) is 10.9. The average Bonchev–Trinajstić information content (AvgIpc) is 3.80. The minimum Gasteiger partial charge on any atom is -0.304 e. The van der Waals surface area contributed by atoms with Gasteiger partial charge in [-0.25, -0.2) is 4.98 Å². The van der Waals surface area contributed by atoms with Crippen LogP contribution in [-0.2, 0) is 26.5 Å². The van der Waals surface area contributed by atoms with Gasteiger partial charge in [-0.05, 0) is 63.5 Å². The number of benzene rings is 7. The summed E-state index contributed by atoms with van der Waals surface area (Å²) in [6.45, 7) is 6.81. The Morgan fingerprint density at radius 2 is 1.19 bits per heavy atom. The average molecular weight is 914 g/mol. The Labute approximate surface area is 347 Å². The van der Waals surface area contributed by atoms with E-state index in [2.05, 4.69) is 182 Å². The molecule has 0 atom stereocenters. The number of imidazole rings is 1. The van der Waals surface area contributed by atoms with Gasteiger partial charge in [-0.15, -0.1) is 41.5 Å². The van der Waals surface area contributed by atoms with E-state index >= 15 is 0 Å². The smallest absolute Gasteiger partial charge is 0.304 e. The summed E-state index contributed by atoms with van der Waals surface area (Å²) in [5.41, 5.74) is 14.4. The number of para-hydroxylation sites is 2. The van der Waals surface area contributed by atoms with E-state index in [-0.39, 0.29) is 26.5 Å². The van der Waals surface area contributed by atoms with Crippen LogP contribution in [0, 0.1) is 12.1 Å². The molecule has 4 nitrogen and oxygen atoms in total. The minimum absolute atomic E-state index is 0. The number of fused-ring (bicyclic) bond motifs is 4. The van der Waals surface area contributed by atoms with Crippen LogP contribution in [0.25, 0.3) is 89.2 Å². The second-order valence-corrected chi connectivity index (χ2v) is 15.3. The van der Waals surface area contributed by atoms with Crippen molar-refractivity contribution in [2.24, 2.45) is 0 Å². The summed E-state index contributed by atoms with van der Waals surface area (Å²) in [5, 5.41) is 2.30. The Balaban J connectivity index is 0.00000422. The van der Waals surface area contributed by atoms with Crippen molar-refractivity contribution < 1.29 is 21.1 Å². The maximum absolute atomic E-state index is 5.68. The number of rotatable bonds is 6. The summed E-state index contributed by atoms with van der Waals surface area (Å²) >= 11 is 0. The fraction of sp³-hybridized carbons (Fsp3) is 0.0769. The Morgan fingerprint density at radius 1 is 0.509 bits per heavy atom. The van der Waals surface area contributed by atoms with Crippen LogP contribution < -0.4 is 0 Å². The summed E-state index contributed by atoms with van der Waals surface area (Å²) < 4.78 is 4.65. The molecule has 3 heterocycles. The maximum Gasteiger partial charge on any atom is 2.00 e. The Kier molecular flexibility index (Phi) is 9.31. The molecule has 0 aliphatic heterocycles. The Morgan fingerprint density at radius 3 is 1.95 bits per heavy atom. The molecule has 0 aliphatic carbocycles. The second kappa shape index (κ2) is 14.6. The van der Waals surface area contributed by atoms with E-state index in [0.717, 1.165) is 89.2 Å². The van der Waals surface area contributed by atoms with Gasteiger partial charge in [-0.3, -0.25) is 9.55 Å². The third-order valence-corrected chi connectivity index (χ3v) is 10.8. The van der Waals surface area contributed by atoms with Crippen molar-refractivity contribution in [1.82, 2.24) is 19.1 Å². The molecule has 57 heavy (non-hydrogen) atoms. The first kappa shape index (κ1) is 36.3. The van der Waals surface area contributed by atoms with Crippen molar-refractivity contribution in [3.8, 4) is 56.4 Å². The predicted molar refractivity (Wildman–Crippen MR) is 231 cm³/mol. The van der Waals surface area contributed by atoms with Crippen LogP contribution in [0.3, 0.4) is 0 Å². The van der Waals surface area contributed by atoms with Gasteiger partial charge in [0.2, 0.25) is 5.95 Å². The van der Waals surface area contributed by atoms with Gasteiger partial charge in [0.25, 0.3) is 0 Å². The molecule has 3 aromatic heterocycles. The van der Waals surface area contributed by atoms with Gasteiger partial charge in [-0.1, -0.05) is 141 Å². The van der Waals surface area contributed by atoms with Crippen LogP contribution in [0.15, 0.2) is 176 Å². The van der Waals surface area contributed by atoms with Crippen LogP contribution in [0.2, 0.25) is 0 Å². The van der Waals surface area contributed by atoms with Crippen molar-refractivity contribution in [2.75, 3.05) is 0 Å². The van der Waals surface area contributed by atoms with Gasteiger partial charge in [-0.2, -0.15) is 18.2 Å². The van der Waals surface area contributed by atoms with Crippen LogP contribution >= 0.6 is 0 Å². The molecule has 0 N–H and O–H groups in total. The molecule has 0 saturated carbocycles. The van der Waals surface area contributed by atoms with E-state index in [9.17, 15) is 0 Å². The van der Waals surface area contributed by atoms with E-state index in [0.29, 0.717) is 0 Å². The van der Waals surface area contributed by atoms with E-state index in [1.54, 1.807) is 0 Å². The zero-order valence-corrected chi connectivity index (χ0v) is 34.1. The third kappa shape index (κ3) is 6.31.